The van der Waals surface area contributed by atoms with Crippen molar-refractivity contribution in [3.05, 3.63) is 83.3 Å². The molecule has 2 aliphatic rings. The molecular formula is C28H27NO7. The smallest absolute Gasteiger partial charge is 0.296 e. The number of unbranched alkanes of at least 4 members (excludes halogenated alkanes) is 2. The quantitative estimate of drug-likeness (QED) is 0.191. The van der Waals surface area contributed by atoms with E-state index in [1.807, 2.05) is 6.07 Å². The summed E-state index contributed by atoms with van der Waals surface area (Å²) in [5, 5.41) is 11.2. The fourth-order valence-electron chi connectivity index (χ4n) is 4.43. The Morgan fingerprint density at radius 1 is 1.06 bits per heavy atom. The fraction of sp³-hybridized carbons (Fsp3) is 0.286. The predicted molar refractivity (Wildman–Crippen MR) is 131 cm³/mol. The van der Waals surface area contributed by atoms with Crippen LogP contribution < -0.4 is 14.2 Å². The number of aliphatic hydroxyl groups excluding tert-OH is 1. The number of benzene rings is 2. The first-order valence-corrected chi connectivity index (χ1v) is 12.0. The van der Waals surface area contributed by atoms with Gasteiger partial charge in [0.1, 0.15) is 23.3 Å². The van der Waals surface area contributed by atoms with Crippen molar-refractivity contribution in [2.24, 2.45) is 0 Å². The van der Waals surface area contributed by atoms with E-state index in [0.717, 1.165) is 24.8 Å². The summed E-state index contributed by atoms with van der Waals surface area (Å²) in [7, 11) is 0. The van der Waals surface area contributed by atoms with Crippen LogP contribution >= 0.6 is 0 Å². The summed E-state index contributed by atoms with van der Waals surface area (Å²) in [6.45, 7) is 3.00. The van der Waals surface area contributed by atoms with Crippen LogP contribution in [0.4, 0.5) is 0 Å². The van der Waals surface area contributed by atoms with Gasteiger partial charge in [-0.3, -0.25) is 9.59 Å². The Kier molecular flexibility index (Phi) is 6.66. The van der Waals surface area contributed by atoms with E-state index in [4.69, 9.17) is 18.6 Å². The molecule has 1 N–H and O–H groups in total. The number of likely N-dealkylation sites (tertiary alicyclic amines) is 1. The van der Waals surface area contributed by atoms with Crippen molar-refractivity contribution in [3.8, 4) is 17.2 Å². The predicted octanol–water partition coefficient (Wildman–Crippen LogP) is 5.20. The topological polar surface area (TPSA) is 98.4 Å². The van der Waals surface area contributed by atoms with Crippen molar-refractivity contribution < 1.29 is 33.3 Å². The largest absolute Gasteiger partial charge is 0.507 e. The van der Waals surface area contributed by atoms with Crippen molar-refractivity contribution in [2.45, 2.75) is 38.8 Å². The highest BCUT2D eigenvalue weighted by atomic mass is 16.7. The summed E-state index contributed by atoms with van der Waals surface area (Å²) in [4.78, 5) is 27.7. The third-order valence-electron chi connectivity index (χ3n) is 6.29. The van der Waals surface area contributed by atoms with Crippen LogP contribution in [0, 0.1) is 0 Å². The molecule has 1 aromatic heterocycles. The number of amides is 1. The molecule has 36 heavy (non-hydrogen) atoms. The molecule has 0 aliphatic carbocycles. The molecule has 3 aromatic rings. The lowest BCUT2D eigenvalue weighted by Crippen LogP contribution is -2.29. The summed E-state index contributed by atoms with van der Waals surface area (Å²) in [6.07, 6.45) is 4.64. The van der Waals surface area contributed by atoms with Crippen LogP contribution in [0.3, 0.4) is 0 Å². The molecule has 0 saturated carbocycles. The number of hydrogen-bond donors (Lipinski definition) is 1. The third-order valence-corrected chi connectivity index (χ3v) is 6.29. The summed E-state index contributed by atoms with van der Waals surface area (Å²) in [5.41, 5.74) is 1.14. The van der Waals surface area contributed by atoms with Crippen molar-refractivity contribution >= 4 is 17.4 Å². The first-order valence-electron chi connectivity index (χ1n) is 12.0. The Labute approximate surface area is 208 Å². The van der Waals surface area contributed by atoms with Crippen LogP contribution in [0.15, 0.2) is 70.9 Å². The van der Waals surface area contributed by atoms with Crippen LogP contribution in [0.1, 0.15) is 49.1 Å². The molecule has 186 valence electrons. The highest BCUT2D eigenvalue weighted by Crippen LogP contribution is 2.41. The highest BCUT2D eigenvalue weighted by Gasteiger charge is 2.47. The molecule has 2 aliphatic heterocycles. The van der Waals surface area contributed by atoms with Crippen molar-refractivity contribution in [2.75, 3.05) is 13.4 Å². The summed E-state index contributed by atoms with van der Waals surface area (Å²) in [5.74, 6) is 0.513. The van der Waals surface area contributed by atoms with Gasteiger partial charge in [-0.2, -0.15) is 0 Å². The van der Waals surface area contributed by atoms with Gasteiger partial charge in [0.15, 0.2) is 11.5 Å². The lowest BCUT2D eigenvalue weighted by atomic mass is 9.99. The van der Waals surface area contributed by atoms with E-state index in [-0.39, 0.29) is 24.7 Å². The van der Waals surface area contributed by atoms with E-state index >= 15 is 0 Å². The van der Waals surface area contributed by atoms with Gasteiger partial charge in [-0.25, -0.2) is 0 Å². The van der Waals surface area contributed by atoms with E-state index in [2.05, 4.69) is 6.92 Å². The molecule has 8 heteroatoms. The molecular weight excluding hydrogens is 462 g/mol. The van der Waals surface area contributed by atoms with Crippen LogP contribution in [-0.4, -0.2) is 35.1 Å². The average molecular weight is 490 g/mol. The molecule has 8 nitrogen and oxygen atoms in total. The summed E-state index contributed by atoms with van der Waals surface area (Å²) < 4.78 is 22.1. The minimum Gasteiger partial charge on any atom is -0.507 e. The average Bonchev–Trinajstić information content (AvgIpc) is 3.64. The fourth-order valence-corrected chi connectivity index (χ4v) is 4.43. The number of fused-ring (bicyclic) bond motifs is 1. The van der Waals surface area contributed by atoms with Gasteiger partial charge in [-0.15, -0.1) is 0 Å². The number of ketones is 1. The molecule has 0 bridgehead atoms. The van der Waals surface area contributed by atoms with Crippen molar-refractivity contribution in [3.63, 3.8) is 0 Å². The Morgan fingerprint density at radius 3 is 2.61 bits per heavy atom. The number of furan rings is 1. The lowest BCUT2D eigenvalue weighted by Gasteiger charge is -2.23. The molecule has 3 heterocycles. The zero-order chi connectivity index (χ0) is 25.1. The number of hydrogen-bond acceptors (Lipinski definition) is 7. The summed E-state index contributed by atoms with van der Waals surface area (Å²) >= 11 is 0. The number of carbonyl (C=O) groups is 2. The summed E-state index contributed by atoms with van der Waals surface area (Å²) in [6, 6.07) is 14.7. The number of carbonyl (C=O) groups excluding carboxylic acids is 2. The van der Waals surface area contributed by atoms with Gasteiger partial charge in [0.25, 0.3) is 11.7 Å². The number of aliphatic hydroxyl groups is 1. The van der Waals surface area contributed by atoms with Gasteiger partial charge in [0.2, 0.25) is 6.79 Å². The molecule has 5 rings (SSSR count). The Morgan fingerprint density at radius 2 is 1.86 bits per heavy atom. The molecule has 0 radical (unpaired) electrons. The normalized spacial score (nSPS) is 18.1. The Bertz CT molecular complexity index is 1280. The van der Waals surface area contributed by atoms with Crippen LogP contribution in [0.2, 0.25) is 0 Å². The second-order valence-corrected chi connectivity index (χ2v) is 8.71. The third kappa shape index (κ3) is 4.54. The number of rotatable bonds is 9. The number of nitrogens with zero attached hydrogens (tertiary/aromatic N) is 1. The van der Waals surface area contributed by atoms with E-state index < -0.39 is 17.7 Å². The monoisotopic (exact) mass is 489 g/mol. The number of ether oxygens (including phenoxy) is 3. The van der Waals surface area contributed by atoms with Crippen molar-refractivity contribution in [1.82, 2.24) is 4.90 Å². The molecule has 0 spiro atoms. The molecule has 1 amide bonds. The van der Waals surface area contributed by atoms with Crippen LogP contribution in [0.5, 0.6) is 17.2 Å². The van der Waals surface area contributed by atoms with E-state index in [1.54, 1.807) is 48.5 Å². The SMILES string of the molecule is CCCCCOc1ccc(/C(O)=C2/C(=O)C(=O)N(Cc3ccc4c(c3)OCO4)C2c2ccco2)cc1. The minimum absolute atomic E-state index is 0.0210. The van der Waals surface area contributed by atoms with Gasteiger partial charge in [-0.1, -0.05) is 25.8 Å². The van der Waals surface area contributed by atoms with E-state index in [0.29, 0.717) is 35.2 Å². The first-order chi connectivity index (χ1) is 17.6. The molecule has 2 aromatic carbocycles. The first kappa shape index (κ1) is 23.5. The van der Waals surface area contributed by atoms with E-state index in [1.165, 1.54) is 11.2 Å². The van der Waals surface area contributed by atoms with Crippen LogP contribution in [0.25, 0.3) is 5.76 Å². The van der Waals surface area contributed by atoms with Gasteiger partial charge in [0, 0.05) is 12.1 Å². The molecule has 1 unspecified atom stereocenters. The van der Waals surface area contributed by atoms with Crippen molar-refractivity contribution in [1.29, 1.82) is 0 Å². The highest BCUT2D eigenvalue weighted by molar-refractivity contribution is 6.46. The second-order valence-electron chi connectivity index (χ2n) is 8.71. The molecule has 1 atom stereocenters. The maximum Gasteiger partial charge on any atom is 0.296 e. The standard InChI is InChI=1S/C28H27NO7/c1-2-3-4-13-33-20-10-8-19(9-11-20)26(30)24-25(22-6-5-14-34-22)29(28(32)27(24)31)16-18-7-12-21-23(15-18)36-17-35-21/h5-12,14-15,25,30H,2-4,13,16-17H2,1H3/b26-24-. The van der Waals surface area contributed by atoms with Gasteiger partial charge >= 0.3 is 0 Å². The Hall–Kier alpha value is -4.20. The zero-order valence-electron chi connectivity index (χ0n) is 19.9. The van der Waals surface area contributed by atoms with Gasteiger partial charge < -0.3 is 28.6 Å². The second kappa shape index (κ2) is 10.2. The minimum atomic E-state index is -0.879. The Balaban J connectivity index is 1.45. The maximum absolute atomic E-state index is 13.2. The molecule has 1 fully saturated rings. The van der Waals surface area contributed by atoms with E-state index in [9.17, 15) is 14.7 Å². The van der Waals surface area contributed by atoms with Gasteiger partial charge in [-0.05, 0) is 60.5 Å². The zero-order valence-corrected chi connectivity index (χ0v) is 19.9. The number of Topliss-reactive ketones (excluding diaryl/α,β-unsaturated/α-hetero) is 1. The maximum atomic E-state index is 13.2. The van der Waals surface area contributed by atoms with Gasteiger partial charge in [0.05, 0.1) is 18.4 Å². The lowest BCUT2D eigenvalue weighted by molar-refractivity contribution is -0.140. The van der Waals surface area contributed by atoms with Crippen LogP contribution in [-0.2, 0) is 16.1 Å². The molecule has 1 saturated heterocycles.